The van der Waals surface area contributed by atoms with Crippen LogP contribution >= 0.6 is 0 Å². The molecule has 0 aliphatic heterocycles. The van der Waals surface area contributed by atoms with Gasteiger partial charge in [0.2, 0.25) is 0 Å². The number of carbonyl (C=O) groups is 2. The van der Waals surface area contributed by atoms with Gasteiger partial charge < -0.3 is 10.1 Å². The second kappa shape index (κ2) is 10.9. The number of pyridine rings is 1. The van der Waals surface area contributed by atoms with E-state index in [1.165, 1.54) is 18.2 Å². The van der Waals surface area contributed by atoms with Crippen LogP contribution in [0.1, 0.15) is 45.6 Å². The van der Waals surface area contributed by atoms with Gasteiger partial charge in [-0.05, 0) is 78.4 Å². The van der Waals surface area contributed by atoms with Crippen LogP contribution in [0.4, 0.5) is 11.4 Å². The minimum Gasteiger partial charge on any atom is -0.452 e. The molecule has 9 heteroatoms. The Labute approximate surface area is 223 Å². The Kier molecular flexibility index (Phi) is 7.10. The predicted octanol–water partition coefficient (Wildman–Crippen LogP) is 5.69. The number of allylic oxidation sites excluding steroid dienone is 1. The standard InChI is InChI=1S/C30H22N4O5/c31-17-20-5-3-7-22(16-20)32-27(35)18-39-30(36)28-24-8-1-2-10-26(24)33-29-21(6-4-9-25(28)29)15-19-11-13-23(14-12-19)34(37)38/h1-3,5,7-8,10-16H,4,6,9,18H2,(H,32,35). The van der Waals surface area contributed by atoms with Crippen LogP contribution in [0.25, 0.3) is 22.6 Å². The number of nitro benzene ring substituents is 1. The topological polar surface area (TPSA) is 135 Å². The maximum absolute atomic E-state index is 13.4. The summed E-state index contributed by atoms with van der Waals surface area (Å²) < 4.78 is 5.45. The Morgan fingerprint density at radius 1 is 1.08 bits per heavy atom. The van der Waals surface area contributed by atoms with Crippen molar-refractivity contribution in [2.75, 3.05) is 11.9 Å². The molecule has 1 aliphatic carbocycles. The lowest BCUT2D eigenvalue weighted by atomic mass is 9.86. The molecule has 1 aliphatic rings. The Morgan fingerprint density at radius 2 is 1.87 bits per heavy atom. The molecule has 3 aromatic carbocycles. The summed E-state index contributed by atoms with van der Waals surface area (Å²) in [5, 5.41) is 23.3. The van der Waals surface area contributed by atoms with E-state index >= 15 is 0 Å². The molecule has 0 saturated carbocycles. The van der Waals surface area contributed by atoms with E-state index in [1.54, 1.807) is 36.4 Å². The summed E-state index contributed by atoms with van der Waals surface area (Å²) >= 11 is 0. The third-order valence-electron chi connectivity index (χ3n) is 6.43. The number of para-hydroxylation sites is 1. The third-order valence-corrected chi connectivity index (χ3v) is 6.43. The first-order valence-electron chi connectivity index (χ1n) is 12.3. The normalized spacial score (nSPS) is 13.4. The van der Waals surface area contributed by atoms with E-state index in [2.05, 4.69) is 5.32 Å². The van der Waals surface area contributed by atoms with Gasteiger partial charge in [-0.2, -0.15) is 5.26 Å². The Hall–Kier alpha value is -5.36. The van der Waals surface area contributed by atoms with Gasteiger partial charge in [-0.1, -0.05) is 24.3 Å². The van der Waals surface area contributed by atoms with Crippen LogP contribution < -0.4 is 5.32 Å². The number of nitriles is 1. The summed E-state index contributed by atoms with van der Waals surface area (Å²) in [5.74, 6) is -1.15. The van der Waals surface area contributed by atoms with Gasteiger partial charge in [0.05, 0.1) is 33.3 Å². The second-order valence-electron chi connectivity index (χ2n) is 9.02. The zero-order valence-electron chi connectivity index (χ0n) is 20.7. The first-order valence-corrected chi connectivity index (χ1v) is 12.3. The third kappa shape index (κ3) is 5.50. The van der Waals surface area contributed by atoms with Gasteiger partial charge in [0.25, 0.3) is 11.6 Å². The number of nitrogens with zero attached hydrogens (tertiary/aromatic N) is 3. The number of nitro groups is 1. The number of carbonyl (C=O) groups excluding carboxylic acids is 2. The molecular formula is C30H22N4O5. The molecule has 0 spiro atoms. The summed E-state index contributed by atoms with van der Waals surface area (Å²) in [6, 6.07) is 22.0. The fourth-order valence-corrected chi connectivity index (χ4v) is 4.67. The number of non-ortho nitro benzene ring substituents is 1. The van der Waals surface area contributed by atoms with Crippen LogP contribution in [-0.2, 0) is 16.0 Å². The highest BCUT2D eigenvalue weighted by Gasteiger charge is 2.26. The molecule has 1 amide bonds. The number of aromatic nitrogens is 1. The molecule has 1 heterocycles. The lowest BCUT2D eigenvalue weighted by molar-refractivity contribution is -0.384. The van der Waals surface area contributed by atoms with Crippen molar-refractivity contribution in [1.82, 2.24) is 4.98 Å². The zero-order chi connectivity index (χ0) is 27.4. The van der Waals surface area contributed by atoms with Gasteiger partial charge in [-0.25, -0.2) is 9.78 Å². The van der Waals surface area contributed by atoms with Crippen LogP contribution in [-0.4, -0.2) is 28.4 Å². The molecule has 0 bridgehead atoms. The number of hydrogen-bond acceptors (Lipinski definition) is 7. The maximum Gasteiger partial charge on any atom is 0.339 e. The van der Waals surface area contributed by atoms with Gasteiger partial charge >= 0.3 is 5.97 Å². The van der Waals surface area contributed by atoms with Crippen LogP contribution in [0.2, 0.25) is 0 Å². The van der Waals surface area contributed by atoms with E-state index in [9.17, 15) is 19.7 Å². The molecule has 0 fully saturated rings. The lowest BCUT2D eigenvalue weighted by Crippen LogP contribution is -2.22. The van der Waals surface area contributed by atoms with Crippen molar-refractivity contribution in [2.45, 2.75) is 19.3 Å². The highest BCUT2D eigenvalue weighted by molar-refractivity contribution is 6.07. The average Bonchev–Trinajstić information content (AvgIpc) is 2.95. The van der Waals surface area contributed by atoms with E-state index in [0.29, 0.717) is 39.8 Å². The summed E-state index contributed by atoms with van der Waals surface area (Å²) in [7, 11) is 0. The first kappa shape index (κ1) is 25.3. The smallest absolute Gasteiger partial charge is 0.339 e. The molecule has 0 atom stereocenters. The number of nitrogens with one attached hydrogen (secondary N) is 1. The van der Waals surface area contributed by atoms with Gasteiger partial charge in [0.1, 0.15) is 0 Å². The largest absolute Gasteiger partial charge is 0.452 e. The molecule has 4 aromatic rings. The van der Waals surface area contributed by atoms with E-state index in [1.807, 2.05) is 30.3 Å². The van der Waals surface area contributed by atoms with E-state index in [0.717, 1.165) is 29.5 Å². The highest BCUT2D eigenvalue weighted by Crippen LogP contribution is 2.36. The van der Waals surface area contributed by atoms with E-state index in [-0.39, 0.29) is 5.69 Å². The maximum atomic E-state index is 13.4. The quantitative estimate of drug-likeness (QED) is 0.197. The molecular weight excluding hydrogens is 496 g/mol. The first-order chi connectivity index (χ1) is 18.9. The van der Waals surface area contributed by atoms with Gasteiger partial charge in [0.15, 0.2) is 6.61 Å². The van der Waals surface area contributed by atoms with Gasteiger partial charge in [0, 0.05) is 23.2 Å². The highest BCUT2D eigenvalue weighted by atomic mass is 16.6. The minimum absolute atomic E-state index is 0.0113. The number of fused-ring (bicyclic) bond motifs is 2. The number of ether oxygens (including phenoxy) is 1. The Morgan fingerprint density at radius 3 is 2.64 bits per heavy atom. The molecule has 1 aromatic heterocycles. The fourth-order valence-electron chi connectivity index (χ4n) is 4.67. The number of benzene rings is 3. The molecule has 0 radical (unpaired) electrons. The van der Waals surface area contributed by atoms with Crippen molar-refractivity contribution in [3.05, 3.63) is 111 Å². The SMILES string of the molecule is N#Cc1cccc(NC(=O)COC(=O)c2c3c(nc4ccccc24)C(=Cc2ccc([N+](=O)[O-])cc2)CCC3)c1. The fraction of sp³-hybridized carbons (Fsp3) is 0.133. The summed E-state index contributed by atoms with van der Waals surface area (Å²) in [6.07, 6.45) is 4.06. The van der Waals surface area contributed by atoms with Crippen molar-refractivity contribution in [1.29, 1.82) is 5.26 Å². The van der Waals surface area contributed by atoms with Gasteiger partial charge in [-0.3, -0.25) is 14.9 Å². The van der Waals surface area contributed by atoms with Crippen LogP contribution in [0, 0.1) is 21.4 Å². The molecule has 39 heavy (non-hydrogen) atoms. The van der Waals surface area contributed by atoms with Crippen molar-refractivity contribution in [2.24, 2.45) is 0 Å². The number of rotatable bonds is 6. The molecule has 0 unspecified atom stereocenters. The molecule has 1 N–H and O–H groups in total. The van der Waals surface area contributed by atoms with Crippen molar-refractivity contribution < 1.29 is 19.2 Å². The number of hydrogen-bond donors (Lipinski definition) is 1. The monoisotopic (exact) mass is 518 g/mol. The summed E-state index contributed by atoms with van der Waals surface area (Å²) in [4.78, 5) is 41.3. The molecule has 5 rings (SSSR count). The average molecular weight is 519 g/mol. The molecule has 9 nitrogen and oxygen atoms in total. The zero-order valence-corrected chi connectivity index (χ0v) is 20.7. The Bertz CT molecular complexity index is 1690. The van der Waals surface area contributed by atoms with Crippen LogP contribution in [0.15, 0.2) is 72.8 Å². The van der Waals surface area contributed by atoms with Crippen molar-refractivity contribution >= 4 is 45.8 Å². The molecule has 0 saturated heterocycles. The van der Waals surface area contributed by atoms with E-state index < -0.39 is 23.4 Å². The van der Waals surface area contributed by atoms with Crippen molar-refractivity contribution in [3.8, 4) is 6.07 Å². The summed E-state index contributed by atoms with van der Waals surface area (Å²) in [5.41, 5.74) is 4.99. The number of anilines is 1. The minimum atomic E-state index is -0.623. The molecule has 192 valence electrons. The summed E-state index contributed by atoms with van der Waals surface area (Å²) in [6.45, 7) is -0.494. The van der Waals surface area contributed by atoms with Gasteiger partial charge in [-0.15, -0.1) is 0 Å². The second-order valence-corrected chi connectivity index (χ2v) is 9.02. The van der Waals surface area contributed by atoms with Crippen LogP contribution in [0.3, 0.4) is 0 Å². The van der Waals surface area contributed by atoms with Crippen LogP contribution in [0.5, 0.6) is 0 Å². The number of amides is 1. The lowest BCUT2D eigenvalue weighted by Gasteiger charge is -2.22. The number of esters is 1. The Balaban J connectivity index is 1.44. The van der Waals surface area contributed by atoms with E-state index in [4.69, 9.17) is 15.0 Å². The predicted molar refractivity (Wildman–Crippen MR) is 146 cm³/mol. The van der Waals surface area contributed by atoms with Crippen molar-refractivity contribution in [3.63, 3.8) is 0 Å².